The van der Waals surface area contributed by atoms with E-state index < -0.39 is 5.97 Å². The van der Waals surface area contributed by atoms with Crippen molar-refractivity contribution in [3.05, 3.63) is 51.9 Å². The van der Waals surface area contributed by atoms with Crippen LogP contribution in [0.1, 0.15) is 35.4 Å². The number of nitrogens with zero attached hydrogens (tertiary/aromatic N) is 2. The van der Waals surface area contributed by atoms with Crippen molar-refractivity contribution in [1.29, 1.82) is 0 Å². The number of benzene rings is 1. The molecule has 122 valence electrons. The number of hydrogen-bond acceptors (Lipinski definition) is 4. The van der Waals surface area contributed by atoms with Gasteiger partial charge in [-0.3, -0.25) is 9.69 Å². The van der Waals surface area contributed by atoms with Crippen LogP contribution in [0.4, 0.5) is 0 Å². The minimum atomic E-state index is -0.851. The van der Waals surface area contributed by atoms with Crippen molar-refractivity contribution in [2.75, 3.05) is 6.54 Å². The lowest BCUT2D eigenvalue weighted by molar-refractivity contribution is -0.138. The van der Waals surface area contributed by atoms with E-state index in [0.717, 1.165) is 42.7 Å². The molecule has 1 aromatic heterocycles. The molecule has 0 fully saturated rings. The zero-order valence-electron chi connectivity index (χ0n) is 12.8. The van der Waals surface area contributed by atoms with Gasteiger partial charge in [-0.25, -0.2) is 0 Å². The fourth-order valence-electron chi connectivity index (χ4n) is 2.99. The summed E-state index contributed by atoms with van der Waals surface area (Å²) >= 11 is 5.90. The number of halogens is 1. The third-order valence-electron chi connectivity index (χ3n) is 4.08. The van der Waals surface area contributed by atoms with Crippen LogP contribution in [0, 0.1) is 0 Å². The Bertz CT molecular complexity index is 682. The molecule has 1 heterocycles. The number of carbonyl (C=O) groups is 1. The first-order valence-electron chi connectivity index (χ1n) is 7.76. The molecule has 1 aromatic carbocycles. The van der Waals surface area contributed by atoms with E-state index in [1.54, 1.807) is 0 Å². The Morgan fingerprint density at radius 2 is 1.96 bits per heavy atom. The molecule has 0 unspecified atom stereocenters. The Morgan fingerprint density at radius 3 is 2.70 bits per heavy atom. The number of aromatic nitrogens is 1. The average molecular weight is 335 g/mol. The second kappa shape index (κ2) is 7.15. The minimum Gasteiger partial charge on any atom is -0.480 e. The summed E-state index contributed by atoms with van der Waals surface area (Å²) in [6, 6.07) is 7.45. The van der Waals surface area contributed by atoms with Crippen LogP contribution in [0.25, 0.3) is 0 Å². The second-order valence-electron chi connectivity index (χ2n) is 5.90. The summed E-state index contributed by atoms with van der Waals surface area (Å²) < 4.78 is 5.42. The quantitative estimate of drug-likeness (QED) is 0.878. The summed E-state index contributed by atoms with van der Waals surface area (Å²) in [6.45, 7) is 0.975. The number of aliphatic carboxylic acids is 1. The summed E-state index contributed by atoms with van der Waals surface area (Å²) in [7, 11) is 0. The Kier molecular flexibility index (Phi) is 4.98. The lowest BCUT2D eigenvalue weighted by Gasteiger charge is -2.20. The molecule has 0 amide bonds. The third kappa shape index (κ3) is 4.12. The molecule has 3 rings (SSSR count). The number of rotatable bonds is 6. The molecule has 0 saturated carbocycles. The maximum atomic E-state index is 11.2. The van der Waals surface area contributed by atoms with E-state index in [1.807, 2.05) is 29.2 Å². The van der Waals surface area contributed by atoms with E-state index in [1.165, 1.54) is 5.56 Å². The first-order valence-corrected chi connectivity index (χ1v) is 8.14. The predicted molar refractivity (Wildman–Crippen MR) is 86.3 cm³/mol. The van der Waals surface area contributed by atoms with Crippen LogP contribution >= 0.6 is 11.6 Å². The highest BCUT2D eigenvalue weighted by Gasteiger charge is 2.22. The zero-order chi connectivity index (χ0) is 16.2. The van der Waals surface area contributed by atoms with E-state index in [4.69, 9.17) is 21.2 Å². The van der Waals surface area contributed by atoms with Crippen LogP contribution in [0.15, 0.2) is 28.8 Å². The standard InChI is InChI=1S/C17H19ClN2O3/c18-13-7-5-12(6-8-13)9-20(11-17(21)22)10-15-14-3-1-2-4-16(14)23-19-15/h5-8H,1-4,9-11H2,(H,21,22). The molecule has 6 heteroatoms. The van der Waals surface area contributed by atoms with Gasteiger partial charge in [-0.05, 0) is 37.0 Å². The highest BCUT2D eigenvalue weighted by molar-refractivity contribution is 6.30. The Hall–Kier alpha value is -1.85. The fraction of sp³-hybridized carbons (Fsp3) is 0.412. The van der Waals surface area contributed by atoms with Crippen LogP contribution in [-0.4, -0.2) is 27.7 Å². The first kappa shape index (κ1) is 16.0. The number of aryl methyl sites for hydroxylation is 1. The summed E-state index contributed by atoms with van der Waals surface area (Å²) in [5.41, 5.74) is 3.06. The molecule has 1 aliphatic carbocycles. The molecule has 2 aromatic rings. The highest BCUT2D eigenvalue weighted by Crippen LogP contribution is 2.25. The van der Waals surface area contributed by atoms with Gasteiger partial charge in [0.05, 0.1) is 6.54 Å². The molecule has 0 atom stereocenters. The van der Waals surface area contributed by atoms with Crippen molar-refractivity contribution < 1.29 is 14.4 Å². The summed E-state index contributed by atoms with van der Waals surface area (Å²) in [5.74, 6) is 0.115. The van der Waals surface area contributed by atoms with Gasteiger partial charge in [-0.15, -0.1) is 0 Å². The normalized spacial score (nSPS) is 14.0. The number of carboxylic acids is 1. The minimum absolute atomic E-state index is 0.0374. The predicted octanol–water partition coefficient (Wildman–Crippen LogP) is 3.29. The maximum absolute atomic E-state index is 11.2. The molecule has 1 N–H and O–H groups in total. The maximum Gasteiger partial charge on any atom is 0.317 e. The second-order valence-corrected chi connectivity index (χ2v) is 6.34. The van der Waals surface area contributed by atoms with E-state index in [9.17, 15) is 4.79 Å². The Morgan fingerprint density at radius 1 is 1.22 bits per heavy atom. The molecule has 5 nitrogen and oxygen atoms in total. The molecular formula is C17H19ClN2O3. The van der Waals surface area contributed by atoms with Gasteiger partial charge >= 0.3 is 5.97 Å². The van der Waals surface area contributed by atoms with Gasteiger partial charge in [0.1, 0.15) is 11.5 Å². The van der Waals surface area contributed by atoms with Crippen molar-refractivity contribution in [3.63, 3.8) is 0 Å². The molecule has 0 bridgehead atoms. The smallest absolute Gasteiger partial charge is 0.317 e. The van der Waals surface area contributed by atoms with Crippen LogP contribution in [0.3, 0.4) is 0 Å². The van der Waals surface area contributed by atoms with Gasteiger partial charge < -0.3 is 9.63 Å². The van der Waals surface area contributed by atoms with Gasteiger partial charge in [0, 0.05) is 30.1 Å². The van der Waals surface area contributed by atoms with Crippen LogP contribution < -0.4 is 0 Å². The fourth-order valence-corrected chi connectivity index (χ4v) is 3.12. The van der Waals surface area contributed by atoms with Gasteiger partial charge in [0.25, 0.3) is 0 Å². The van der Waals surface area contributed by atoms with Crippen LogP contribution in [0.5, 0.6) is 0 Å². The lowest BCUT2D eigenvalue weighted by atomic mass is 9.96. The molecular weight excluding hydrogens is 316 g/mol. The molecule has 0 spiro atoms. The van der Waals surface area contributed by atoms with Crippen molar-refractivity contribution in [3.8, 4) is 0 Å². The lowest BCUT2D eigenvalue weighted by Crippen LogP contribution is -2.29. The molecule has 23 heavy (non-hydrogen) atoms. The van der Waals surface area contributed by atoms with Crippen molar-refractivity contribution in [2.45, 2.75) is 38.8 Å². The highest BCUT2D eigenvalue weighted by atomic mass is 35.5. The van der Waals surface area contributed by atoms with E-state index in [0.29, 0.717) is 18.1 Å². The van der Waals surface area contributed by atoms with Crippen molar-refractivity contribution in [1.82, 2.24) is 10.1 Å². The SMILES string of the molecule is O=C(O)CN(Cc1ccc(Cl)cc1)Cc1noc2c1CCCC2. The van der Waals surface area contributed by atoms with Gasteiger partial charge in [0.2, 0.25) is 0 Å². The first-order chi connectivity index (χ1) is 11.1. The monoisotopic (exact) mass is 334 g/mol. The Balaban J connectivity index is 1.75. The van der Waals surface area contributed by atoms with Gasteiger partial charge in [-0.2, -0.15) is 0 Å². The van der Waals surface area contributed by atoms with Gasteiger partial charge in [0.15, 0.2) is 0 Å². The molecule has 1 aliphatic rings. The number of hydrogen-bond donors (Lipinski definition) is 1. The van der Waals surface area contributed by atoms with Crippen LogP contribution in [-0.2, 0) is 30.7 Å². The van der Waals surface area contributed by atoms with Crippen molar-refractivity contribution >= 4 is 17.6 Å². The van der Waals surface area contributed by atoms with E-state index in [2.05, 4.69) is 5.16 Å². The number of carboxylic acid groups (broad SMARTS) is 1. The molecule has 0 saturated heterocycles. The largest absolute Gasteiger partial charge is 0.480 e. The molecule has 0 aliphatic heterocycles. The average Bonchev–Trinajstić information content (AvgIpc) is 2.92. The number of fused-ring (bicyclic) bond motifs is 1. The summed E-state index contributed by atoms with van der Waals surface area (Å²) in [5, 5.41) is 14.0. The van der Waals surface area contributed by atoms with Gasteiger partial charge in [-0.1, -0.05) is 28.9 Å². The third-order valence-corrected chi connectivity index (χ3v) is 4.34. The summed E-state index contributed by atoms with van der Waals surface area (Å²) in [4.78, 5) is 13.0. The van der Waals surface area contributed by atoms with E-state index in [-0.39, 0.29) is 6.54 Å². The van der Waals surface area contributed by atoms with E-state index >= 15 is 0 Å². The van der Waals surface area contributed by atoms with Crippen molar-refractivity contribution in [2.24, 2.45) is 0 Å². The molecule has 0 radical (unpaired) electrons. The Labute approximate surface area is 139 Å². The van der Waals surface area contributed by atoms with Crippen LogP contribution in [0.2, 0.25) is 5.02 Å². The zero-order valence-corrected chi connectivity index (χ0v) is 13.6. The topological polar surface area (TPSA) is 66.6 Å². The summed E-state index contributed by atoms with van der Waals surface area (Å²) in [6.07, 6.45) is 4.16.